The number of carbonyl (C=O) groups is 1. The highest BCUT2D eigenvalue weighted by atomic mass is 79.9. The van der Waals surface area contributed by atoms with Gasteiger partial charge in [-0.1, -0.05) is 19.3 Å². The molecule has 1 N–H and O–H groups in total. The minimum atomic E-state index is -3.44. The summed E-state index contributed by atoms with van der Waals surface area (Å²) in [5.74, 6) is 0.749. The molecule has 3 fully saturated rings. The lowest BCUT2D eigenvalue weighted by Gasteiger charge is -2.42. The van der Waals surface area contributed by atoms with Gasteiger partial charge >= 0.3 is 0 Å². The standard InChI is InChI=1S/C22H34BrN3O3S2/c23-20-10-11-21(30-20)31(28,29)24-16-17-6-8-18(9-7-17)22(27)26-14-12-25(13-15-26)19-4-2-1-3-5-19/h10-11,17-19,24H,1-9,12-16H2. The summed E-state index contributed by atoms with van der Waals surface area (Å²) in [7, 11) is -3.44. The Balaban J connectivity index is 1.19. The molecule has 0 atom stereocenters. The van der Waals surface area contributed by atoms with E-state index in [-0.39, 0.29) is 5.92 Å². The molecule has 0 unspecified atom stereocenters. The van der Waals surface area contributed by atoms with Gasteiger partial charge in [0.25, 0.3) is 0 Å². The number of sulfonamides is 1. The van der Waals surface area contributed by atoms with Gasteiger partial charge in [0.15, 0.2) is 0 Å². The highest BCUT2D eigenvalue weighted by molar-refractivity contribution is 9.11. The van der Waals surface area contributed by atoms with Crippen LogP contribution in [0.1, 0.15) is 57.8 Å². The highest BCUT2D eigenvalue weighted by Gasteiger charge is 2.33. The van der Waals surface area contributed by atoms with Gasteiger partial charge in [-0.2, -0.15) is 0 Å². The zero-order valence-electron chi connectivity index (χ0n) is 18.1. The molecule has 2 heterocycles. The first-order chi connectivity index (χ1) is 14.9. The van der Waals surface area contributed by atoms with Crippen molar-refractivity contribution in [3.63, 3.8) is 0 Å². The van der Waals surface area contributed by atoms with Crippen molar-refractivity contribution in [2.24, 2.45) is 11.8 Å². The normalized spacial score (nSPS) is 26.8. The Morgan fingerprint density at radius 3 is 2.29 bits per heavy atom. The number of piperazine rings is 1. The van der Waals surface area contributed by atoms with Crippen molar-refractivity contribution >= 4 is 43.2 Å². The van der Waals surface area contributed by atoms with E-state index < -0.39 is 10.0 Å². The highest BCUT2D eigenvalue weighted by Crippen LogP contribution is 2.31. The molecular formula is C22H34BrN3O3S2. The van der Waals surface area contributed by atoms with E-state index in [4.69, 9.17) is 0 Å². The topological polar surface area (TPSA) is 69.7 Å². The lowest BCUT2D eigenvalue weighted by molar-refractivity contribution is -0.139. The molecule has 2 saturated carbocycles. The molecule has 6 nitrogen and oxygen atoms in total. The maximum Gasteiger partial charge on any atom is 0.250 e. The Hall–Kier alpha value is -0.480. The number of rotatable bonds is 6. The summed E-state index contributed by atoms with van der Waals surface area (Å²) in [5, 5.41) is 0. The van der Waals surface area contributed by atoms with Gasteiger partial charge in [0.05, 0.1) is 3.79 Å². The predicted octanol–water partition coefficient (Wildman–Crippen LogP) is 4.07. The summed E-state index contributed by atoms with van der Waals surface area (Å²) in [6, 6.07) is 4.12. The van der Waals surface area contributed by atoms with Crippen molar-refractivity contribution in [2.75, 3.05) is 32.7 Å². The van der Waals surface area contributed by atoms with Gasteiger partial charge in [-0.15, -0.1) is 11.3 Å². The summed E-state index contributed by atoms with van der Waals surface area (Å²) in [6.45, 7) is 4.23. The largest absolute Gasteiger partial charge is 0.340 e. The molecule has 0 radical (unpaired) electrons. The summed E-state index contributed by atoms with van der Waals surface area (Å²) in [4.78, 5) is 17.7. The van der Waals surface area contributed by atoms with Gasteiger partial charge in [-0.3, -0.25) is 9.69 Å². The fourth-order valence-corrected chi connectivity index (χ4v) is 8.54. The summed E-state index contributed by atoms with van der Waals surface area (Å²) < 4.78 is 28.8. The number of nitrogens with one attached hydrogen (secondary N) is 1. The first-order valence-corrected chi connectivity index (χ1v) is 14.8. The number of nitrogens with zero attached hydrogens (tertiary/aromatic N) is 2. The fraction of sp³-hybridized carbons (Fsp3) is 0.773. The van der Waals surface area contributed by atoms with Crippen molar-refractivity contribution in [1.29, 1.82) is 0 Å². The molecule has 3 aliphatic rings. The Bertz CT molecular complexity index is 838. The van der Waals surface area contributed by atoms with Crippen LogP contribution in [0.15, 0.2) is 20.1 Å². The maximum absolute atomic E-state index is 13.0. The van der Waals surface area contributed by atoms with Crippen molar-refractivity contribution in [3.05, 3.63) is 15.9 Å². The second-order valence-corrected chi connectivity index (χ2v) is 13.7. The van der Waals surface area contributed by atoms with Gasteiger partial charge < -0.3 is 4.90 Å². The molecule has 1 amide bonds. The van der Waals surface area contributed by atoms with E-state index in [2.05, 4.69) is 30.5 Å². The van der Waals surface area contributed by atoms with Crippen LogP contribution < -0.4 is 4.72 Å². The molecule has 1 aromatic rings. The number of thiophene rings is 1. The molecule has 0 aromatic carbocycles. The Kier molecular flexibility index (Phi) is 8.12. The van der Waals surface area contributed by atoms with Gasteiger partial charge in [-0.05, 0) is 72.5 Å². The molecule has 1 aromatic heterocycles. The Morgan fingerprint density at radius 2 is 1.68 bits per heavy atom. The third-order valence-corrected chi connectivity index (χ3v) is 10.8. The zero-order chi connectivity index (χ0) is 21.8. The molecule has 1 saturated heterocycles. The van der Waals surface area contributed by atoms with Crippen LogP contribution in [0.3, 0.4) is 0 Å². The minimum Gasteiger partial charge on any atom is -0.340 e. The monoisotopic (exact) mass is 531 g/mol. The lowest BCUT2D eigenvalue weighted by Crippen LogP contribution is -2.53. The summed E-state index contributed by atoms with van der Waals surface area (Å²) in [5.41, 5.74) is 0. The number of carbonyl (C=O) groups excluding carboxylic acids is 1. The van der Waals surface area contributed by atoms with Crippen LogP contribution in [0.25, 0.3) is 0 Å². The van der Waals surface area contributed by atoms with Crippen molar-refractivity contribution in [2.45, 2.75) is 68.0 Å². The van der Waals surface area contributed by atoms with Crippen LogP contribution in [0.5, 0.6) is 0 Å². The average molecular weight is 533 g/mol. The van der Waals surface area contributed by atoms with Crippen LogP contribution in [0.4, 0.5) is 0 Å². The van der Waals surface area contributed by atoms with Gasteiger partial charge in [-0.25, -0.2) is 13.1 Å². The van der Waals surface area contributed by atoms with Crippen molar-refractivity contribution < 1.29 is 13.2 Å². The second-order valence-electron chi connectivity index (χ2n) is 9.28. The number of halogens is 1. The second kappa shape index (κ2) is 10.6. The van der Waals surface area contributed by atoms with Crippen LogP contribution in [0.2, 0.25) is 0 Å². The van der Waals surface area contributed by atoms with Crippen LogP contribution in [0, 0.1) is 11.8 Å². The smallest absolute Gasteiger partial charge is 0.250 e. The Morgan fingerprint density at radius 1 is 1.00 bits per heavy atom. The molecule has 4 rings (SSSR count). The molecule has 174 valence electrons. The Labute approximate surface area is 198 Å². The minimum absolute atomic E-state index is 0.113. The molecule has 2 aliphatic carbocycles. The molecule has 0 spiro atoms. The molecule has 0 bridgehead atoms. The first kappa shape index (κ1) is 23.7. The zero-order valence-corrected chi connectivity index (χ0v) is 21.3. The molecular weight excluding hydrogens is 498 g/mol. The van der Waals surface area contributed by atoms with Gasteiger partial charge in [0.1, 0.15) is 4.21 Å². The van der Waals surface area contributed by atoms with Crippen molar-refractivity contribution in [3.8, 4) is 0 Å². The third kappa shape index (κ3) is 6.10. The summed E-state index contributed by atoms with van der Waals surface area (Å²) in [6.07, 6.45) is 10.3. The first-order valence-electron chi connectivity index (χ1n) is 11.7. The summed E-state index contributed by atoms with van der Waals surface area (Å²) >= 11 is 4.54. The predicted molar refractivity (Wildman–Crippen MR) is 128 cm³/mol. The molecule has 1 aliphatic heterocycles. The fourth-order valence-electron chi connectivity index (χ4n) is 5.37. The molecule has 9 heteroatoms. The van der Waals surface area contributed by atoms with Gasteiger partial charge in [0.2, 0.25) is 15.9 Å². The number of amides is 1. The van der Waals surface area contributed by atoms with Crippen molar-refractivity contribution in [1.82, 2.24) is 14.5 Å². The molecule has 31 heavy (non-hydrogen) atoms. The van der Waals surface area contributed by atoms with E-state index in [1.165, 1.54) is 43.4 Å². The van der Waals surface area contributed by atoms with E-state index in [9.17, 15) is 13.2 Å². The average Bonchev–Trinajstić information content (AvgIpc) is 3.26. The maximum atomic E-state index is 13.0. The third-order valence-electron chi connectivity index (χ3n) is 7.29. The number of hydrogen-bond acceptors (Lipinski definition) is 5. The van der Waals surface area contributed by atoms with E-state index in [0.717, 1.165) is 61.7 Å². The van der Waals surface area contributed by atoms with E-state index in [1.54, 1.807) is 12.1 Å². The van der Waals surface area contributed by atoms with Crippen LogP contribution >= 0.6 is 27.3 Å². The van der Waals surface area contributed by atoms with E-state index in [0.29, 0.717) is 22.6 Å². The number of hydrogen-bond donors (Lipinski definition) is 1. The quantitative estimate of drug-likeness (QED) is 0.600. The SMILES string of the molecule is O=C(C1CCC(CNS(=O)(=O)c2ccc(Br)s2)CC1)N1CCN(C2CCCCC2)CC1. The van der Waals surface area contributed by atoms with Crippen LogP contribution in [-0.4, -0.2) is 62.9 Å². The van der Waals surface area contributed by atoms with Crippen LogP contribution in [-0.2, 0) is 14.8 Å². The van der Waals surface area contributed by atoms with Gasteiger partial charge in [0, 0.05) is 44.7 Å². The lowest BCUT2D eigenvalue weighted by atomic mass is 9.81. The van der Waals surface area contributed by atoms with E-state index in [1.807, 2.05) is 0 Å². The van der Waals surface area contributed by atoms with E-state index >= 15 is 0 Å².